The van der Waals surface area contributed by atoms with Crippen molar-refractivity contribution < 1.29 is 50.1 Å². The van der Waals surface area contributed by atoms with Crippen LogP contribution in [0.5, 0.6) is 0 Å². The molecular weight excluding hydrogens is 153 g/mol. The molecule has 52 valence electrons. The minimum absolute atomic E-state index is 0. The Morgan fingerprint density at radius 2 is 1.67 bits per heavy atom. The number of hydrogen-bond acceptors (Lipinski definition) is 3. The zero-order valence-corrected chi connectivity index (χ0v) is 8.24. The van der Waals surface area contributed by atoms with Gasteiger partial charge in [-0.15, -0.1) is 0 Å². The van der Waals surface area contributed by atoms with Crippen LogP contribution in [0, 0.1) is 0 Å². The number of aliphatic hydroxyl groups is 1. The van der Waals surface area contributed by atoms with Gasteiger partial charge in [-0.2, -0.15) is 0 Å². The monoisotopic (exact) mass is 163 g/mol. The normalized spacial score (nSPS) is 6.00. The Morgan fingerprint density at radius 3 is 1.67 bits per heavy atom. The second kappa shape index (κ2) is 15.8. The number of aliphatic hydroxyl groups excluding tert-OH is 1. The molecule has 0 aromatic heterocycles. The van der Waals surface area contributed by atoms with E-state index in [0.717, 1.165) is 0 Å². The molecule has 0 atom stereocenters. The molecule has 0 aliphatic rings. The van der Waals surface area contributed by atoms with Crippen LogP contribution < -0.4 is 35.3 Å². The quantitative estimate of drug-likeness (QED) is 0.289. The zero-order chi connectivity index (χ0) is 6.99. The summed E-state index contributed by atoms with van der Waals surface area (Å²) in [7, 11) is -3.13. The summed E-state index contributed by atoms with van der Waals surface area (Å²) < 4.78 is 8.74. The van der Waals surface area contributed by atoms with E-state index in [2.05, 4.69) is 0 Å². The van der Waals surface area contributed by atoms with Crippen molar-refractivity contribution in [3.8, 4) is 0 Å². The maximum atomic E-state index is 8.74. The Kier molecular flexibility index (Phi) is 28.6. The largest absolute Gasteiger partial charge is 1.00 e. The SMILES string of the molecule is NCCO.O=[Si](O)O.[H-].[Na+]. The Hall–Kier alpha value is 0.537. The van der Waals surface area contributed by atoms with E-state index in [9.17, 15) is 0 Å². The number of hydrogen-bond donors (Lipinski definition) is 4. The van der Waals surface area contributed by atoms with E-state index in [-0.39, 0.29) is 37.6 Å². The van der Waals surface area contributed by atoms with Crippen molar-refractivity contribution in [2.45, 2.75) is 0 Å². The average Bonchev–Trinajstić information content (AvgIpc) is 1.65. The van der Waals surface area contributed by atoms with Crippen LogP contribution in [0.3, 0.4) is 0 Å². The van der Waals surface area contributed by atoms with E-state index < -0.39 is 9.17 Å². The summed E-state index contributed by atoms with van der Waals surface area (Å²) in [4.78, 5) is 14.3. The first-order valence-electron chi connectivity index (χ1n) is 1.88. The predicted molar refractivity (Wildman–Crippen MR) is 28.1 cm³/mol. The van der Waals surface area contributed by atoms with Gasteiger partial charge in [-0.1, -0.05) is 0 Å². The molecule has 0 spiro atoms. The van der Waals surface area contributed by atoms with Crippen LogP contribution in [0.15, 0.2) is 0 Å². The summed E-state index contributed by atoms with van der Waals surface area (Å²) in [6.07, 6.45) is 0. The first-order chi connectivity index (χ1) is 3.65. The van der Waals surface area contributed by atoms with Crippen molar-refractivity contribution in [1.29, 1.82) is 0 Å². The molecule has 0 amide bonds. The average molecular weight is 163 g/mol. The predicted octanol–water partition coefficient (Wildman–Crippen LogP) is -5.56. The first kappa shape index (κ1) is 16.3. The van der Waals surface area contributed by atoms with E-state index in [0.29, 0.717) is 6.54 Å². The fraction of sp³-hybridized carbons (Fsp3) is 1.00. The van der Waals surface area contributed by atoms with Crippen LogP contribution in [0.1, 0.15) is 1.43 Å². The van der Waals surface area contributed by atoms with Gasteiger partial charge < -0.3 is 21.9 Å². The Bertz CT molecular complexity index is 61.2. The summed E-state index contributed by atoms with van der Waals surface area (Å²) in [5, 5.41) is 7.75. The zero-order valence-electron chi connectivity index (χ0n) is 6.24. The van der Waals surface area contributed by atoms with Gasteiger partial charge in [0, 0.05) is 6.54 Å². The van der Waals surface area contributed by atoms with Gasteiger partial charge in [-0.25, -0.2) is 0 Å². The Labute approximate surface area is 78.2 Å². The van der Waals surface area contributed by atoms with Crippen molar-refractivity contribution in [3.05, 3.63) is 0 Å². The van der Waals surface area contributed by atoms with Crippen molar-refractivity contribution in [3.63, 3.8) is 0 Å². The number of nitrogens with two attached hydrogens (primary N) is 1. The van der Waals surface area contributed by atoms with Gasteiger partial charge in [0.15, 0.2) is 0 Å². The smallest absolute Gasteiger partial charge is 1.00 e. The fourth-order valence-electron chi connectivity index (χ4n) is 0. The molecule has 0 unspecified atom stereocenters. The van der Waals surface area contributed by atoms with Crippen molar-refractivity contribution in [1.82, 2.24) is 0 Å². The van der Waals surface area contributed by atoms with E-state index in [1.54, 1.807) is 0 Å². The molecule has 0 heterocycles. The molecule has 5 nitrogen and oxygen atoms in total. The molecule has 0 aromatic carbocycles. The van der Waals surface area contributed by atoms with E-state index in [1.807, 2.05) is 0 Å². The molecule has 5 N–H and O–H groups in total. The Morgan fingerprint density at radius 1 is 1.56 bits per heavy atom. The Balaban J connectivity index is -0.0000000300. The molecule has 0 rings (SSSR count). The van der Waals surface area contributed by atoms with Crippen LogP contribution in [-0.2, 0) is 4.46 Å². The van der Waals surface area contributed by atoms with Crippen molar-refractivity contribution >= 4 is 9.17 Å². The standard InChI is InChI=1S/C2H7NO.Na.H2O3Si.H/c3-1-2-4;;1-4(2)3;/h4H,1-3H2;;1-2H;/q;+1;;-1. The summed E-state index contributed by atoms with van der Waals surface area (Å²) in [6.45, 7) is 0.472. The molecule has 0 saturated heterocycles. The van der Waals surface area contributed by atoms with Gasteiger partial charge in [0.1, 0.15) is 0 Å². The molecule has 0 radical (unpaired) electrons. The minimum atomic E-state index is -3.13. The van der Waals surface area contributed by atoms with Crippen LogP contribution in [-0.4, -0.2) is 37.0 Å². The summed E-state index contributed by atoms with van der Waals surface area (Å²) >= 11 is 0. The molecule has 0 aromatic rings. The van der Waals surface area contributed by atoms with Gasteiger partial charge in [0.2, 0.25) is 0 Å². The number of rotatable bonds is 1. The van der Waals surface area contributed by atoms with Crippen LogP contribution in [0.2, 0.25) is 0 Å². The van der Waals surface area contributed by atoms with Crippen molar-refractivity contribution in [2.24, 2.45) is 5.73 Å². The van der Waals surface area contributed by atoms with E-state index in [4.69, 9.17) is 24.9 Å². The summed E-state index contributed by atoms with van der Waals surface area (Å²) in [5.41, 5.74) is 4.78. The van der Waals surface area contributed by atoms with E-state index in [1.165, 1.54) is 0 Å². The van der Waals surface area contributed by atoms with Gasteiger partial charge in [-0.3, -0.25) is 4.46 Å². The first-order valence-corrected chi connectivity index (χ1v) is 3.18. The molecule has 0 aliphatic heterocycles. The van der Waals surface area contributed by atoms with Crippen molar-refractivity contribution in [2.75, 3.05) is 13.2 Å². The maximum Gasteiger partial charge on any atom is 1.00 e. The third kappa shape index (κ3) is 154. The van der Waals surface area contributed by atoms with Gasteiger partial charge in [-0.05, 0) is 0 Å². The van der Waals surface area contributed by atoms with Crippen LogP contribution >= 0.6 is 0 Å². The second-order valence-corrected chi connectivity index (χ2v) is 1.36. The molecule has 9 heavy (non-hydrogen) atoms. The minimum Gasteiger partial charge on any atom is -1.00 e. The van der Waals surface area contributed by atoms with Crippen LogP contribution in [0.25, 0.3) is 0 Å². The van der Waals surface area contributed by atoms with Gasteiger partial charge >= 0.3 is 38.7 Å². The summed E-state index contributed by atoms with van der Waals surface area (Å²) in [5.74, 6) is 0. The molecule has 0 bridgehead atoms. The molecule has 0 aliphatic carbocycles. The summed E-state index contributed by atoms with van der Waals surface area (Å²) in [6, 6.07) is 0. The van der Waals surface area contributed by atoms with E-state index >= 15 is 0 Å². The molecule has 0 saturated carbocycles. The molecule has 0 fully saturated rings. The van der Waals surface area contributed by atoms with Gasteiger partial charge in [0.05, 0.1) is 6.61 Å². The van der Waals surface area contributed by atoms with Crippen LogP contribution in [0.4, 0.5) is 0 Å². The third-order valence-corrected chi connectivity index (χ3v) is 0.129. The maximum absolute atomic E-state index is 8.74. The fourth-order valence-corrected chi connectivity index (χ4v) is 0. The topological polar surface area (TPSA) is 104 Å². The second-order valence-electron chi connectivity index (χ2n) is 0.795. The molecular formula is C2H10NNaO4Si. The third-order valence-electron chi connectivity index (χ3n) is 0.129. The molecule has 7 heteroatoms. The van der Waals surface area contributed by atoms with Gasteiger partial charge in [0.25, 0.3) is 0 Å².